The second-order valence-electron chi connectivity index (χ2n) is 4.46. The number of thiophene rings is 1. The molecule has 1 rings (SSSR count). The van der Waals surface area contributed by atoms with Crippen LogP contribution in [0.1, 0.15) is 30.1 Å². The quantitative estimate of drug-likeness (QED) is 0.735. The van der Waals surface area contributed by atoms with Crippen LogP contribution in [0.3, 0.4) is 0 Å². The molecule has 19 heavy (non-hydrogen) atoms. The average Bonchev–Trinajstić information content (AvgIpc) is 2.95. The summed E-state index contributed by atoms with van der Waals surface area (Å²) in [5, 5.41) is 6.46. The highest BCUT2D eigenvalue weighted by Gasteiger charge is 2.13. The molecule has 1 heterocycles. The van der Waals surface area contributed by atoms with Gasteiger partial charge >= 0.3 is 0 Å². The van der Waals surface area contributed by atoms with Crippen molar-refractivity contribution in [2.45, 2.75) is 25.8 Å². The third-order valence-electron chi connectivity index (χ3n) is 3.03. The maximum Gasteiger partial charge on any atom is 0.252 e. The fourth-order valence-electron chi connectivity index (χ4n) is 1.52. The Balaban J connectivity index is 2.20. The van der Waals surface area contributed by atoms with Crippen molar-refractivity contribution < 1.29 is 9.59 Å². The predicted octanol–water partition coefficient (Wildman–Crippen LogP) is 1.06. The standard InChI is InChI=1S/C13H21N3O2S/c1-10(8-14)16(2)12(17)4-3-6-15-13(18)11-5-7-19-9-11/h5,7,9-10H,3-4,6,8,14H2,1-2H3,(H,15,18). The van der Waals surface area contributed by atoms with Gasteiger partial charge in [-0.1, -0.05) is 0 Å². The number of carbonyl (C=O) groups excluding carboxylic acids is 2. The first-order chi connectivity index (χ1) is 9.06. The molecule has 0 aliphatic heterocycles. The Labute approximate surface area is 117 Å². The molecule has 0 aromatic carbocycles. The lowest BCUT2D eigenvalue weighted by Gasteiger charge is -2.23. The van der Waals surface area contributed by atoms with E-state index in [4.69, 9.17) is 5.73 Å². The van der Waals surface area contributed by atoms with E-state index >= 15 is 0 Å². The molecule has 0 fully saturated rings. The van der Waals surface area contributed by atoms with Crippen LogP contribution >= 0.6 is 11.3 Å². The zero-order chi connectivity index (χ0) is 14.3. The molecule has 6 heteroatoms. The Kier molecular flexibility index (Phi) is 6.52. The Hall–Kier alpha value is -1.40. The highest BCUT2D eigenvalue weighted by Crippen LogP contribution is 2.05. The normalized spacial score (nSPS) is 11.9. The van der Waals surface area contributed by atoms with Gasteiger partial charge in [-0.05, 0) is 24.8 Å². The third kappa shape index (κ3) is 5.00. The number of carbonyl (C=O) groups is 2. The molecule has 3 N–H and O–H groups in total. The van der Waals surface area contributed by atoms with E-state index in [-0.39, 0.29) is 17.9 Å². The monoisotopic (exact) mass is 283 g/mol. The van der Waals surface area contributed by atoms with E-state index in [1.807, 2.05) is 12.3 Å². The molecule has 0 bridgehead atoms. The summed E-state index contributed by atoms with van der Waals surface area (Å²) in [5.74, 6) is -0.0277. The number of nitrogens with zero attached hydrogens (tertiary/aromatic N) is 1. The van der Waals surface area contributed by atoms with Crippen LogP contribution in [0.2, 0.25) is 0 Å². The van der Waals surface area contributed by atoms with Crippen molar-refractivity contribution in [3.8, 4) is 0 Å². The summed E-state index contributed by atoms with van der Waals surface area (Å²) >= 11 is 1.49. The molecule has 0 radical (unpaired) electrons. The van der Waals surface area contributed by atoms with Crippen molar-refractivity contribution in [2.75, 3.05) is 20.1 Å². The summed E-state index contributed by atoms with van der Waals surface area (Å²) in [5.41, 5.74) is 6.18. The van der Waals surface area contributed by atoms with Crippen LogP contribution < -0.4 is 11.1 Å². The van der Waals surface area contributed by atoms with Gasteiger partial charge in [-0.3, -0.25) is 9.59 Å². The molecule has 1 aromatic heterocycles. The molecular weight excluding hydrogens is 262 g/mol. The smallest absolute Gasteiger partial charge is 0.252 e. The first kappa shape index (κ1) is 15.7. The third-order valence-corrected chi connectivity index (χ3v) is 3.72. The Morgan fingerprint density at radius 1 is 1.53 bits per heavy atom. The van der Waals surface area contributed by atoms with Gasteiger partial charge in [0.1, 0.15) is 0 Å². The molecule has 0 saturated heterocycles. The Bertz CT molecular complexity index is 406. The molecular formula is C13H21N3O2S. The minimum Gasteiger partial charge on any atom is -0.352 e. The molecule has 1 aromatic rings. The van der Waals surface area contributed by atoms with Crippen LogP contribution in [-0.4, -0.2) is 42.9 Å². The second-order valence-corrected chi connectivity index (χ2v) is 5.24. The first-order valence-corrected chi connectivity index (χ1v) is 7.26. The molecule has 2 amide bonds. The molecule has 0 aliphatic rings. The Morgan fingerprint density at radius 3 is 2.84 bits per heavy atom. The summed E-state index contributed by atoms with van der Waals surface area (Å²) in [6, 6.07) is 1.83. The van der Waals surface area contributed by atoms with E-state index in [1.54, 1.807) is 23.4 Å². The van der Waals surface area contributed by atoms with Crippen LogP contribution in [0.15, 0.2) is 16.8 Å². The number of likely N-dealkylation sites (N-methyl/N-ethyl adjacent to an activating group) is 1. The second kappa shape index (κ2) is 7.91. The van der Waals surface area contributed by atoms with Gasteiger partial charge in [-0.2, -0.15) is 11.3 Å². The van der Waals surface area contributed by atoms with Gasteiger partial charge in [0.15, 0.2) is 0 Å². The number of nitrogens with one attached hydrogen (secondary N) is 1. The first-order valence-electron chi connectivity index (χ1n) is 6.32. The van der Waals surface area contributed by atoms with Crippen molar-refractivity contribution >= 4 is 23.2 Å². The fraction of sp³-hybridized carbons (Fsp3) is 0.538. The summed E-state index contributed by atoms with van der Waals surface area (Å²) in [4.78, 5) is 25.1. The van der Waals surface area contributed by atoms with Crippen molar-refractivity contribution in [3.05, 3.63) is 22.4 Å². The van der Waals surface area contributed by atoms with E-state index in [2.05, 4.69) is 5.32 Å². The highest BCUT2D eigenvalue weighted by molar-refractivity contribution is 7.08. The van der Waals surface area contributed by atoms with Gasteiger partial charge in [-0.15, -0.1) is 0 Å². The minimum atomic E-state index is -0.0858. The molecule has 0 saturated carbocycles. The van der Waals surface area contributed by atoms with Crippen molar-refractivity contribution in [2.24, 2.45) is 5.73 Å². The lowest BCUT2D eigenvalue weighted by Crippen LogP contribution is -2.39. The molecule has 5 nitrogen and oxygen atoms in total. The molecule has 106 valence electrons. The van der Waals surface area contributed by atoms with Gasteiger partial charge in [-0.25, -0.2) is 0 Å². The van der Waals surface area contributed by atoms with E-state index in [0.717, 1.165) is 0 Å². The molecule has 0 spiro atoms. The summed E-state index contributed by atoms with van der Waals surface area (Å²) in [6.45, 7) is 2.87. The molecule has 0 aliphatic carbocycles. The Morgan fingerprint density at radius 2 is 2.26 bits per heavy atom. The average molecular weight is 283 g/mol. The number of nitrogens with two attached hydrogens (primary N) is 1. The van der Waals surface area contributed by atoms with Gasteiger partial charge in [0.25, 0.3) is 5.91 Å². The van der Waals surface area contributed by atoms with E-state index in [0.29, 0.717) is 31.5 Å². The van der Waals surface area contributed by atoms with Crippen molar-refractivity contribution in [1.29, 1.82) is 0 Å². The van der Waals surface area contributed by atoms with E-state index in [9.17, 15) is 9.59 Å². The fourth-order valence-corrected chi connectivity index (χ4v) is 2.15. The lowest BCUT2D eigenvalue weighted by molar-refractivity contribution is -0.131. The van der Waals surface area contributed by atoms with Crippen molar-refractivity contribution in [1.82, 2.24) is 10.2 Å². The van der Waals surface area contributed by atoms with Crippen LogP contribution in [0, 0.1) is 0 Å². The molecule has 1 unspecified atom stereocenters. The van der Waals surface area contributed by atoms with Crippen LogP contribution in [-0.2, 0) is 4.79 Å². The van der Waals surface area contributed by atoms with E-state index < -0.39 is 0 Å². The minimum absolute atomic E-state index is 0.0490. The van der Waals surface area contributed by atoms with Crippen LogP contribution in [0.4, 0.5) is 0 Å². The lowest BCUT2D eigenvalue weighted by atomic mass is 10.2. The van der Waals surface area contributed by atoms with Gasteiger partial charge < -0.3 is 16.0 Å². The topological polar surface area (TPSA) is 75.4 Å². The van der Waals surface area contributed by atoms with Gasteiger partial charge in [0.2, 0.25) is 5.91 Å². The van der Waals surface area contributed by atoms with Crippen LogP contribution in [0.25, 0.3) is 0 Å². The van der Waals surface area contributed by atoms with Gasteiger partial charge in [0.05, 0.1) is 0 Å². The highest BCUT2D eigenvalue weighted by atomic mass is 32.1. The predicted molar refractivity (Wildman–Crippen MR) is 77.2 cm³/mol. The largest absolute Gasteiger partial charge is 0.352 e. The number of hydrogen-bond donors (Lipinski definition) is 2. The SMILES string of the molecule is CC(CN)N(C)C(=O)CCCNC(=O)c1ccsc1. The maximum absolute atomic E-state index is 11.8. The van der Waals surface area contributed by atoms with Gasteiger partial charge in [0, 0.05) is 43.5 Å². The zero-order valence-electron chi connectivity index (χ0n) is 11.4. The maximum atomic E-state index is 11.8. The zero-order valence-corrected chi connectivity index (χ0v) is 12.2. The summed E-state index contributed by atoms with van der Waals surface area (Å²) < 4.78 is 0. The van der Waals surface area contributed by atoms with Crippen LogP contribution in [0.5, 0.6) is 0 Å². The van der Waals surface area contributed by atoms with Crippen molar-refractivity contribution in [3.63, 3.8) is 0 Å². The summed E-state index contributed by atoms with van der Waals surface area (Å²) in [7, 11) is 1.75. The number of hydrogen-bond acceptors (Lipinski definition) is 4. The molecule has 1 atom stereocenters. The number of amides is 2. The summed E-state index contributed by atoms with van der Waals surface area (Å²) in [6.07, 6.45) is 1.06. The number of rotatable bonds is 7. The van der Waals surface area contributed by atoms with E-state index in [1.165, 1.54) is 11.3 Å².